The minimum Gasteiger partial charge on any atom is -0.497 e. The van der Waals surface area contributed by atoms with E-state index in [4.69, 9.17) is 4.74 Å². The van der Waals surface area contributed by atoms with Gasteiger partial charge in [0.2, 0.25) is 12.2 Å². The Morgan fingerprint density at radius 2 is 1.65 bits per heavy atom. The third-order valence-corrected chi connectivity index (χ3v) is 2.36. The number of isocyanates is 2. The highest BCUT2D eigenvalue weighted by Crippen LogP contribution is 2.12. The van der Waals surface area contributed by atoms with E-state index in [2.05, 4.69) is 9.98 Å². The first kappa shape index (κ1) is 17.8. The van der Waals surface area contributed by atoms with E-state index in [-0.39, 0.29) is 0 Å². The zero-order chi connectivity index (χ0) is 15.1. The molecular formula is C15H20N2O3. The zero-order valence-electron chi connectivity index (χ0n) is 12.0. The van der Waals surface area contributed by atoms with Crippen molar-refractivity contribution < 1.29 is 14.3 Å². The molecule has 0 aliphatic rings. The molecule has 5 heteroatoms. The number of hydrogen-bond donors (Lipinski definition) is 0. The monoisotopic (exact) mass is 276 g/mol. The molecule has 0 aromatic heterocycles. The molecule has 1 aromatic rings. The van der Waals surface area contributed by atoms with Gasteiger partial charge in [-0.1, -0.05) is 19.1 Å². The number of methoxy groups -OCH3 is 1. The molecule has 5 nitrogen and oxygen atoms in total. The first-order valence-corrected chi connectivity index (χ1v) is 6.48. The molecule has 1 rings (SSSR count). The first-order chi connectivity index (χ1) is 9.78. The number of hydrogen-bond acceptors (Lipinski definition) is 5. The summed E-state index contributed by atoms with van der Waals surface area (Å²) < 4.78 is 5.04. The summed E-state index contributed by atoms with van der Waals surface area (Å²) in [4.78, 5) is 25.8. The van der Waals surface area contributed by atoms with E-state index in [1.165, 1.54) is 17.7 Å². The van der Waals surface area contributed by atoms with E-state index >= 15 is 0 Å². The average Bonchev–Trinajstić information content (AvgIpc) is 2.51. The van der Waals surface area contributed by atoms with Crippen molar-refractivity contribution in [1.82, 2.24) is 0 Å². The minimum atomic E-state index is 0.551. The molecule has 20 heavy (non-hydrogen) atoms. The molecule has 0 saturated heterocycles. The van der Waals surface area contributed by atoms with Gasteiger partial charge in [-0.05, 0) is 37.0 Å². The van der Waals surface area contributed by atoms with Crippen molar-refractivity contribution in [1.29, 1.82) is 0 Å². The van der Waals surface area contributed by atoms with Crippen LogP contribution < -0.4 is 4.74 Å². The van der Waals surface area contributed by atoms with E-state index in [0.717, 1.165) is 25.0 Å². The third-order valence-electron chi connectivity index (χ3n) is 2.36. The van der Waals surface area contributed by atoms with Gasteiger partial charge in [0.05, 0.1) is 20.2 Å². The van der Waals surface area contributed by atoms with Crippen LogP contribution in [-0.4, -0.2) is 32.4 Å². The summed E-state index contributed by atoms with van der Waals surface area (Å²) in [5, 5.41) is 0. The fourth-order valence-corrected chi connectivity index (χ4v) is 1.36. The van der Waals surface area contributed by atoms with Crippen LogP contribution in [0.4, 0.5) is 0 Å². The fraction of sp³-hybridized carbons (Fsp3) is 0.467. The van der Waals surface area contributed by atoms with Gasteiger partial charge in [0, 0.05) is 0 Å². The summed E-state index contributed by atoms with van der Waals surface area (Å²) in [6.07, 6.45) is 5.70. The lowest BCUT2D eigenvalue weighted by Gasteiger charge is -2.01. The van der Waals surface area contributed by atoms with Crippen LogP contribution in [0.2, 0.25) is 0 Å². The lowest BCUT2D eigenvalue weighted by molar-refractivity contribution is 0.414. The van der Waals surface area contributed by atoms with Gasteiger partial charge < -0.3 is 4.74 Å². The van der Waals surface area contributed by atoms with Crippen LogP contribution in [0, 0.1) is 0 Å². The Balaban J connectivity index is 0.000000511. The lowest BCUT2D eigenvalue weighted by atomic mass is 10.1. The summed E-state index contributed by atoms with van der Waals surface area (Å²) in [6, 6.07) is 7.89. The summed E-state index contributed by atoms with van der Waals surface area (Å²) in [5.41, 5.74) is 1.23. The van der Waals surface area contributed by atoms with Crippen LogP contribution in [0.5, 0.6) is 5.75 Å². The Labute approximate surface area is 119 Å². The SMILES string of the molecule is CCCN=C=O.COc1ccc(CCCN=C=O)cc1. The molecular weight excluding hydrogens is 256 g/mol. The maximum absolute atomic E-state index is 9.79. The van der Waals surface area contributed by atoms with Crippen molar-refractivity contribution >= 4 is 12.2 Å². The van der Waals surface area contributed by atoms with Crippen molar-refractivity contribution in [2.75, 3.05) is 20.2 Å². The topological polar surface area (TPSA) is 68.1 Å². The van der Waals surface area contributed by atoms with Crippen molar-refractivity contribution in [3.63, 3.8) is 0 Å². The second-order valence-corrected chi connectivity index (χ2v) is 3.90. The average molecular weight is 276 g/mol. The summed E-state index contributed by atoms with van der Waals surface area (Å²) in [5.74, 6) is 0.861. The molecule has 0 atom stereocenters. The van der Waals surface area contributed by atoms with E-state index in [1.807, 2.05) is 31.2 Å². The highest BCUT2D eigenvalue weighted by molar-refractivity contribution is 5.33. The molecule has 108 valence electrons. The third kappa shape index (κ3) is 9.77. The van der Waals surface area contributed by atoms with Gasteiger partial charge in [0.25, 0.3) is 0 Å². The Kier molecular flexibility index (Phi) is 11.8. The molecule has 0 saturated carbocycles. The van der Waals surface area contributed by atoms with Crippen LogP contribution in [0.25, 0.3) is 0 Å². The zero-order valence-corrected chi connectivity index (χ0v) is 12.0. The number of rotatable bonds is 7. The molecule has 0 fully saturated rings. The van der Waals surface area contributed by atoms with Crippen LogP contribution in [0.1, 0.15) is 25.3 Å². The molecule has 0 unspecified atom stereocenters. The molecule has 0 bridgehead atoms. The number of aliphatic imine (C=N–C) groups is 2. The number of carbonyl (C=O) groups excluding carboxylic acids is 2. The van der Waals surface area contributed by atoms with Gasteiger partial charge in [-0.15, -0.1) is 0 Å². The van der Waals surface area contributed by atoms with Crippen LogP contribution in [0.15, 0.2) is 34.3 Å². The largest absolute Gasteiger partial charge is 0.497 e. The van der Waals surface area contributed by atoms with E-state index in [9.17, 15) is 9.59 Å². The van der Waals surface area contributed by atoms with E-state index in [1.54, 1.807) is 7.11 Å². The fourth-order valence-electron chi connectivity index (χ4n) is 1.36. The van der Waals surface area contributed by atoms with Crippen LogP contribution in [-0.2, 0) is 16.0 Å². The highest BCUT2D eigenvalue weighted by Gasteiger charge is 1.93. The smallest absolute Gasteiger partial charge is 0.234 e. The molecule has 0 aliphatic heterocycles. The van der Waals surface area contributed by atoms with Crippen molar-refractivity contribution in [3.05, 3.63) is 29.8 Å². The maximum Gasteiger partial charge on any atom is 0.234 e. The van der Waals surface area contributed by atoms with Gasteiger partial charge in [0.1, 0.15) is 5.75 Å². The first-order valence-electron chi connectivity index (χ1n) is 6.48. The summed E-state index contributed by atoms with van der Waals surface area (Å²) in [7, 11) is 1.65. The molecule has 0 aliphatic carbocycles. The second-order valence-electron chi connectivity index (χ2n) is 3.90. The number of nitrogens with zero attached hydrogens (tertiary/aromatic N) is 2. The van der Waals surface area contributed by atoms with Gasteiger partial charge in [-0.2, -0.15) is 0 Å². The highest BCUT2D eigenvalue weighted by atomic mass is 16.5. The molecule has 0 radical (unpaired) electrons. The Bertz CT molecular complexity index is 445. The summed E-state index contributed by atoms with van der Waals surface area (Å²) >= 11 is 0. The molecule has 0 spiro atoms. The predicted molar refractivity (Wildman–Crippen MR) is 77.6 cm³/mol. The number of benzene rings is 1. The predicted octanol–water partition coefficient (Wildman–Crippen LogP) is 2.70. The molecule has 0 heterocycles. The Morgan fingerprint density at radius 3 is 2.10 bits per heavy atom. The van der Waals surface area contributed by atoms with Crippen molar-refractivity contribution in [3.8, 4) is 5.75 Å². The molecule has 0 amide bonds. The van der Waals surface area contributed by atoms with Crippen LogP contribution in [0.3, 0.4) is 0 Å². The van der Waals surface area contributed by atoms with Gasteiger partial charge in [0.15, 0.2) is 0 Å². The van der Waals surface area contributed by atoms with Crippen molar-refractivity contribution in [2.45, 2.75) is 26.2 Å². The second kappa shape index (κ2) is 13.2. The molecule has 0 N–H and O–H groups in total. The van der Waals surface area contributed by atoms with Gasteiger partial charge in [-0.3, -0.25) is 0 Å². The quantitative estimate of drug-likeness (QED) is 0.437. The number of aryl methyl sites for hydroxylation is 1. The van der Waals surface area contributed by atoms with Gasteiger partial charge >= 0.3 is 0 Å². The Hall–Kier alpha value is -2.22. The molecule has 1 aromatic carbocycles. The van der Waals surface area contributed by atoms with E-state index < -0.39 is 0 Å². The minimum absolute atomic E-state index is 0.551. The summed E-state index contributed by atoms with van der Waals surface area (Å²) in [6.45, 7) is 3.12. The maximum atomic E-state index is 9.79. The number of ether oxygens (including phenoxy) is 1. The lowest BCUT2D eigenvalue weighted by Crippen LogP contribution is -1.89. The van der Waals surface area contributed by atoms with Crippen LogP contribution >= 0.6 is 0 Å². The van der Waals surface area contributed by atoms with E-state index in [0.29, 0.717) is 13.1 Å². The standard InChI is InChI=1S/C11H13NO2.C4H7NO/c1-14-11-6-4-10(5-7-11)3-2-8-12-9-13;1-2-3-5-4-6/h4-7H,2-3,8H2,1H3;2-3H2,1H3. The van der Waals surface area contributed by atoms with Gasteiger partial charge in [-0.25, -0.2) is 19.6 Å². The Morgan fingerprint density at radius 1 is 1.05 bits per heavy atom. The normalized spacial score (nSPS) is 8.50. The van der Waals surface area contributed by atoms with Crippen molar-refractivity contribution in [2.24, 2.45) is 9.98 Å².